The van der Waals surface area contributed by atoms with Gasteiger partial charge in [0.25, 0.3) is 0 Å². The zero-order valence-electron chi connectivity index (χ0n) is 16.3. The Morgan fingerprint density at radius 3 is 1.07 bits per heavy atom. The van der Waals surface area contributed by atoms with E-state index >= 15 is 0 Å². The van der Waals surface area contributed by atoms with Crippen LogP contribution in [0.3, 0.4) is 0 Å². The second-order valence-electron chi connectivity index (χ2n) is 4.47. The Bertz CT molecular complexity index is 288. The number of hydrogen-bond donors (Lipinski definition) is 0. The molecule has 156 valence electrons. The van der Waals surface area contributed by atoms with Gasteiger partial charge in [0.15, 0.2) is 0 Å². The summed E-state index contributed by atoms with van der Waals surface area (Å²) in [7, 11) is 0. The maximum absolute atomic E-state index is 9.88. The van der Waals surface area contributed by atoms with Crippen molar-refractivity contribution in [2.24, 2.45) is 0 Å². The molecule has 0 amide bonds. The molecule has 0 radical (unpaired) electrons. The van der Waals surface area contributed by atoms with Crippen LogP contribution in [0.4, 0.5) is 0 Å². The first-order valence-electron chi connectivity index (χ1n) is 8.40. The molecule has 0 saturated heterocycles. The van der Waals surface area contributed by atoms with Crippen molar-refractivity contribution in [3.63, 3.8) is 0 Å². The van der Waals surface area contributed by atoms with E-state index in [-0.39, 0.29) is 45.9 Å². The second-order valence-corrected chi connectivity index (χ2v) is 4.47. The molecule has 0 bridgehead atoms. The predicted molar refractivity (Wildman–Crippen MR) is 86.3 cm³/mol. The van der Waals surface area contributed by atoms with Gasteiger partial charge in [-0.25, -0.2) is 0 Å². The molecule has 0 rings (SSSR count). The quantitative estimate of drug-likeness (QED) is 0.165. The number of carboxylic acid groups (broad SMARTS) is 2. The van der Waals surface area contributed by atoms with Crippen molar-refractivity contribution >= 4 is 11.9 Å². The van der Waals surface area contributed by atoms with E-state index in [1.54, 1.807) is 0 Å². The molecule has 0 spiro atoms. The topological polar surface area (TPSA) is 136 Å². The summed E-state index contributed by atoms with van der Waals surface area (Å²) in [4.78, 5) is 19.8. The van der Waals surface area contributed by atoms with Crippen molar-refractivity contribution < 1.29 is 67.7 Å². The number of aliphatic carboxylic acids is 2. The van der Waals surface area contributed by atoms with E-state index in [0.29, 0.717) is 52.9 Å². The van der Waals surface area contributed by atoms with E-state index in [0.717, 1.165) is 0 Å². The van der Waals surface area contributed by atoms with Gasteiger partial charge in [-0.05, 0) is 13.8 Å². The third-order valence-corrected chi connectivity index (χ3v) is 2.34. The molecule has 0 aliphatic carbocycles. The predicted octanol–water partition coefficient (Wildman–Crippen LogP) is -2.39. The van der Waals surface area contributed by atoms with Crippen molar-refractivity contribution in [2.75, 3.05) is 79.3 Å². The zero-order chi connectivity index (χ0) is 19.9. The summed E-state index contributed by atoms with van der Waals surface area (Å²) in [6.45, 7) is 7.78. The van der Waals surface area contributed by atoms with Crippen LogP contribution < -0.4 is 10.2 Å². The molecule has 0 N–H and O–H groups in total. The first-order chi connectivity index (χ1) is 12.5. The van der Waals surface area contributed by atoms with E-state index in [4.69, 9.17) is 18.9 Å². The summed E-state index contributed by atoms with van der Waals surface area (Å²) in [5, 5.41) is 19.8. The maximum Gasteiger partial charge on any atom is 2.00 e. The second kappa shape index (κ2) is 27.5. The third-order valence-electron chi connectivity index (χ3n) is 2.34. The smallest absolute Gasteiger partial charge is 0.548 e. The van der Waals surface area contributed by atoms with Crippen LogP contribution in [0.15, 0.2) is 0 Å². The minimum Gasteiger partial charge on any atom is -0.548 e. The van der Waals surface area contributed by atoms with Crippen molar-refractivity contribution in [3.8, 4) is 0 Å². The van der Waals surface area contributed by atoms with E-state index in [1.807, 2.05) is 13.8 Å². The number of carbonyl (C=O) groups excluding carboxylic acids is 2. The number of carboxylic acids is 2. The van der Waals surface area contributed by atoms with Crippen molar-refractivity contribution in [2.45, 2.75) is 13.8 Å². The van der Waals surface area contributed by atoms with Gasteiger partial charge >= 0.3 is 19.5 Å². The maximum atomic E-state index is 9.88. The molecule has 0 fully saturated rings. The SMILES string of the molecule is CCOCCOCCOCC(=O)[O-].CCOCCOCCOCC(=O)[O-].[Zn+2]. The van der Waals surface area contributed by atoms with Crippen molar-refractivity contribution in [1.82, 2.24) is 0 Å². The molecular formula is C16H30O10Zn. The normalized spacial score (nSPS) is 9.85. The Hall–Kier alpha value is -0.677. The molecule has 0 aromatic carbocycles. The first-order valence-corrected chi connectivity index (χ1v) is 8.40. The fourth-order valence-electron chi connectivity index (χ4n) is 1.28. The zero-order valence-corrected chi connectivity index (χ0v) is 19.2. The Kier molecular flexibility index (Phi) is 31.7. The van der Waals surface area contributed by atoms with Gasteiger partial charge in [0.05, 0.1) is 78.0 Å². The third kappa shape index (κ3) is 36.9. The molecular weight excluding hydrogens is 418 g/mol. The van der Waals surface area contributed by atoms with E-state index in [1.165, 1.54) is 0 Å². The average molecular weight is 448 g/mol. The van der Waals surface area contributed by atoms with Crippen LogP contribution in [0.5, 0.6) is 0 Å². The van der Waals surface area contributed by atoms with Crippen molar-refractivity contribution in [1.29, 1.82) is 0 Å². The van der Waals surface area contributed by atoms with E-state index in [2.05, 4.69) is 9.47 Å². The molecule has 27 heavy (non-hydrogen) atoms. The summed E-state index contributed by atoms with van der Waals surface area (Å²) in [6, 6.07) is 0. The molecule has 11 heteroatoms. The fourth-order valence-corrected chi connectivity index (χ4v) is 1.28. The van der Waals surface area contributed by atoms with Crippen LogP contribution in [0.1, 0.15) is 13.8 Å². The van der Waals surface area contributed by atoms with Crippen LogP contribution in [-0.2, 0) is 57.5 Å². The molecule has 0 aromatic rings. The molecule has 10 nitrogen and oxygen atoms in total. The summed E-state index contributed by atoms with van der Waals surface area (Å²) in [6.07, 6.45) is 0. The number of rotatable bonds is 18. The number of hydrogen-bond acceptors (Lipinski definition) is 10. The van der Waals surface area contributed by atoms with Crippen molar-refractivity contribution in [3.05, 3.63) is 0 Å². The molecule has 0 aliphatic heterocycles. The van der Waals surface area contributed by atoms with Gasteiger partial charge in [0.1, 0.15) is 0 Å². The van der Waals surface area contributed by atoms with Crippen LogP contribution in [0.25, 0.3) is 0 Å². The van der Waals surface area contributed by atoms with Gasteiger partial charge < -0.3 is 48.2 Å². The van der Waals surface area contributed by atoms with Crippen LogP contribution in [0.2, 0.25) is 0 Å². The van der Waals surface area contributed by atoms with E-state index in [9.17, 15) is 19.8 Å². The monoisotopic (exact) mass is 446 g/mol. The average Bonchev–Trinajstić information content (AvgIpc) is 2.60. The molecule has 0 aliphatic rings. The Labute approximate surface area is 173 Å². The van der Waals surface area contributed by atoms with Gasteiger partial charge in [-0.1, -0.05) is 0 Å². The van der Waals surface area contributed by atoms with Gasteiger partial charge in [-0.2, -0.15) is 0 Å². The van der Waals surface area contributed by atoms with Gasteiger partial charge in [-0.3, -0.25) is 0 Å². The number of carbonyl (C=O) groups is 2. The summed E-state index contributed by atoms with van der Waals surface area (Å²) < 4.78 is 29.5. The minimum atomic E-state index is -1.21. The summed E-state index contributed by atoms with van der Waals surface area (Å²) in [5.74, 6) is -2.43. The van der Waals surface area contributed by atoms with E-state index < -0.39 is 11.9 Å². The molecule has 0 unspecified atom stereocenters. The van der Waals surface area contributed by atoms with Gasteiger partial charge in [0.2, 0.25) is 0 Å². The number of ether oxygens (including phenoxy) is 6. The Balaban J connectivity index is -0.000000411. The Morgan fingerprint density at radius 2 is 0.815 bits per heavy atom. The summed E-state index contributed by atoms with van der Waals surface area (Å²) >= 11 is 0. The van der Waals surface area contributed by atoms with Gasteiger partial charge in [0, 0.05) is 13.2 Å². The van der Waals surface area contributed by atoms with Crippen LogP contribution in [0, 0.1) is 0 Å². The molecule has 0 atom stereocenters. The fraction of sp³-hybridized carbons (Fsp3) is 0.875. The molecule has 0 aromatic heterocycles. The largest absolute Gasteiger partial charge is 2.00 e. The van der Waals surface area contributed by atoms with Crippen LogP contribution in [-0.4, -0.2) is 91.2 Å². The first kappa shape index (κ1) is 31.0. The Morgan fingerprint density at radius 1 is 0.556 bits per heavy atom. The minimum absolute atomic E-state index is 0. The van der Waals surface area contributed by atoms with Gasteiger partial charge in [-0.15, -0.1) is 0 Å². The van der Waals surface area contributed by atoms with Crippen LogP contribution >= 0.6 is 0 Å². The summed E-state index contributed by atoms with van der Waals surface area (Å²) in [5.41, 5.74) is 0. The molecule has 0 heterocycles. The molecule has 0 saturated carbocycles. The standard InChI is InChI=1S/2C8H16O5.Zn/c2*1-2-11-3-4-12-5-6-13-7-8(9)10;/h2*2-7H2,1H3,(H,9,10);/q;;+2/p-2.